The Labute approximate surface area is 152 Å². The molecule has 7 nitrogen and oxygen atoms in total. The molecular weight excluding hydrogens is 332 g/mol. The summed E-state index contributed by atoms with van der Waals surface area (Å²) in [4.78, 5) is 36.0. The molecule has 4 heterocycles. The molecule has 0 saturated carbocycles. The number of nitrogens with zero attached hydrogens (tertiary/aromatic N) is 3. The first-order chi connectivity index (χ1) is 12.6. The highest BCUT2D eigenvalue weighted by Crippen LogP contribution is 2.17. The van der Waals surface area contributed by atoms with Crippen molar-refractivity contribution in [2.75, 3.05) is 39.4 Å². The van der Waals surface area contributed by atoms with Gasteiger partial charge in [-0.25, -0.2) is 0 Å². The van der Waals surface area contributed by atoms with Gasteiger partial charge in [0.25, 0.3) is 5.56 Å². The summed E-state index contributed by atoms with van der Waals surface area (Å²) in [6, 6.07) is 3.87. The first kappa shape index (κ1) is 17.2. The van der Waals surface area contributed by atoms with Crippen LogP contribution < -0.4 is 5.56 Å². The van der Waals surface area contributed by atoms with Gasteiger partial charge in [-0.05, 0) is 24.1 Å². The fourth-order valence-electron chi connectivity index (χ4n) is 3.54. The molecule has 0 unspecified atom stereocenters. The molecule has 1 amide bonds. The highest BCUT2D eigenvalue weighted by Gasteiger charge is 2.32. The van der Waals surface area contributed by atoms with Gasteiger partial charge in [-0.1, -0.05) is 6.92 Å². The lowest BCUT2D eigenvalue weighted by molar-refractivity contribution is -0.151. The van der Waals surface area contributed by atoms with Crippen LogP contribution >= 0.6 is 0 Å². The Kier molecular flexibility index (Phi) is 4.74. The van der Waals surface area contributed by atoms with E-state index in [-0.39, 0.29) is 17.4 Å². The summed E-state index contributed by atoms with van der Waals surface area (Å²) >= 11 is 0. The number of aryl methyl sites for hydroxylation is 1. The Hall–Kier alpha value is -2.25. The Bertz CT molecular complexity index is 867. The second kappa shape index (κ2) is 7.17. The minimum atomic E-state index is -0.0361. The van der Waals surface area contributed by atoms with Gasteiger partial charge in [0.15, 0.2) is 0 Å². The normalized spacial score (nSPS) is 18.9. The smallest absolute Gasteiger partial charge is 0.251 e. The number of ether oxygens (including phenoxy) is 1. The maximum atomic E-state index is 12.3. The Morgan fingerprint density at radius 3 is 2.69 bits per heavy atom. The summed E-state index contributed by atoms with van der Waals surface area (Å²) in [6.45, 7) is 7.09. The van der Waals surface area contributed by atoms with E-state index < -0.39 is 0 Å². The summed E-state index contributed by atoms with van der Waals surface area (Å²) in [7, 11) is 0. The second-order valence-corrected chi connectivity index (χ2v) is 7.09. The van der Waals surface area contributed by atoms with Crippen molar-refractivity contribution in [1.82, 2.24) is 19.8 Å². The van der Waals surface area contributed by atoms with Gasteiger partial charge in [-0.2, -0.15) is 0 Å². The third-order valence-corrected chi connectivity index (χ3v) is 5.28. The van der Waals surface area contributed by atoms with E-state index in [0.717, 1.165) is 54.9 Å². The highest BCUT2D eigenvalue weighted by atomic mass is 16.5. The first-order valence-electron chi connectivity index (χ1n) is 9.23. The van der Waals surface area contributed by atoms with Gasteiger partial charge in [0, 0.05) is 44.5 Å². The molecule has 2 aliphatic heterocycles. The summed E-state index contributed by atoms with van der Waals surface area (Å²) < 4.78 is 5.11. The number of H-pyrrole nitrogens is 1. The van der Waals surface area contributed by atoms with Crippen LogP contribution in [0.4, 0.5) is 0 Å². The zero-order valence-electron chi connectivity index (χ0n) is 15.0. The molecule has 0 radical (unpaired) electrons. The lowest BCUT2D eigenvalue weighted by atomic mass is 10.1. The quantitative estimate of drug-likeness (QED) is 0.876. The SMILES string of the molecule is CCc1cc2ncc(CN3CCN(C(=O)C4COC4)CC3)cc2[nH]c1=O. The number of carbonyl (C=O) groups excluding carboxylic acids is 1. The standard InChI is InChI=1S/C19H24N4O3/c1-2-14-8-16-17(21-18(14)24)7-13(9-20-16)10-22-3-5-23(6-4-22)19(25)15-11-26-12-15/h7-9,15H,2-6,10-12H2,1H3,(H,21,24). The lowest BCUT2D eigenvalue weighted by Crippen LogP contribution is -2.52. The molecule has 0 aromatic carbocycles. The molecule has 26 heavy (non-hydrogen) atoms. The van der Waals surface area contributed by atoms with E-state index in [2.05, 4.69) is 14.9 Å². The summed E-state index contributed by atoms with van der Waals surface area (Å²) in [5.74, 6) is 0.295. The molecule has 2 aliphatic rings. The minimum absolute atomic E-state index is 0.0361. The number of piperazine rings is 1. The number of amides is 1. The summed E-state index contributed by atoms with van der Waals surface area (Å²) in [5, 5.41) is 0. The van der Waals surface area contributed by atoms with E-state index in [4.69, 9.17) is 4.74 Å². The van der Waals surface area contributed by atoms with Crippen LogP contribution in [0.25, 0.3) is 11.0 Å². The number of nitrogens with one attached hydrogen (secondary N) is 1. The number of aromatic amines is 1. The predicted octanol–water partition coefficient (Wildman–Crippen LogP) is 0.776. The Morgan fingerprint density at radius 1 is 1.27 bits per heavy atom. The van der Waals surface area contributed by atoms with Gasteiger partial charge in [0.1, 0.15) is 0 Å². The number of carbonyl (C=O) groups is 1. The van der Waals surface area contributed by atoms with Crippen LogP contribution in [-0.4, -0.2) is 65.1 Å². The lowest BCUT2D eigenvalue weighted by Gasteiger charge is -2.38. The maximum Gasteiger partial charge on any atom is 0.251 e. The van der Waals surface area contributed by atoms with Crippen molar-refractivity contribution < 1.29 is 9.53 Å². The molecule has 0 aliphatic carbocycles. The first-order valence-corrected chi connectivity index (χ1v) is 9.23. The molecule has 7 heteroatoms. The molecule has 2 aromatic rings. The zero-order chi connectivity index (χ0) is 18.1. The van der Waals surface area contributed by atoms with Crippen LogP contribution in [0, 0.1) is 5.92 Å². The van der Waals surface area contributed by atoms with Crippen molar-refractivity contribution in [2.24, 2.45) is 5.92 Å². The van der Waals surface area contributed by atoms with E-state index in [1.807, 2.05) is 30.2 Å². The van der Waals surface area contributed by atoms with Crippen molar-refractivity contribution in [1.29, 1.82) is 0 Å². The number of pyridine rings is 2. The molecule has 1 N–H and O–H groups in total. The van der Waals surface area contributed by atoms with Gasteiger partial charge in [0.2, 0.25) is 5.91 Å². The molecule has 2 aromatic heterocycles. The Balaban J connectivity index is 1.40. The zero-order valence-corrected chi connectivity index (χ0v) is 15.0. The van der Waals surface area contributed by atoms with Crippen molar-refractivity contribution in [3.63, 3.8) is 0 Å². The topological polar surface area (TPSA) is 78.5 Å². The van der Waals surface area contributed by atoms with E-state index in [0.29, 0.717) is 19.6 Å². The van der Waals surface area contributed by atoms with Crippen molar-refractivity contribution in [3.8, 4) is 0 Å². The fourth-order valence-corrected chi connectivity index (χ4v) is 3.54. The maximum absolute atomic E-state index is 12.3. The van der Waals surface area contributed by atoms with Gasteiger partial charge < -0.3 is 14.6 Å². The number of aromatic nitrogens is 2. The number of hydrogen-bond acceptors (Lipinski definition) is 5. The molecule has 0 atom stereocenters. The molecule has 0 spiro atoms. The van der Waals surface area contributed by atoms with Crippen LogP contribution in [0.5, 0.6) is 0 Å². The third-order valence-electron chi connectivity index (χ3n) is 5.28. The average molecular weight is 356 g/mol. The fraction of sp³-hybridized carbons (Fsp3) is 0.526. The van der Waals surface area contributed by atoms with Crippen molar-refractivity contribution in [3.05, 3.63) is 39.8 Å². The largest absolute Gasteiger partial charge is 0.380 e. The predicted molar refractivity (Wildman–Crippen MR) is 97.9 cm³/mol. The van der Waals surface area contributed by atoms with Crippen LogP contribution in [0.3, 0.4) is 0 Å². The van der Waals surface area contributed by atoms with Crippen LogP contribution in [0.15, 0.2) is 23.1 Å². The van der Waals surface area contributed by atoms with Gasteiger partial charge >= 0.3 is 0 Å². The molecule has 138 valence electrons. The highest BCUT2D eigenvalue weighted by molar-refractivity contribution is 5.80. The van der Waals surface area contributed by atoms with Gasteiger partial charge in [0.05, 0.1) is 30.2 Å². The molecule has 2 fully saturated rings. The van der Waals surface area contributed by atoms with Gasteiger partial charge in [-0.3, -0.25) is 19.5 Å². The van der Waals surface area contributed by atoms with Crippen LogP contribution in [0.2, 0.25) is 0 Å². The van der Waals surface area contributed by atoms with E-state index in [1.54, 1.807) is 0 Å². The van der Waals surface area contributed by atoms with Crippen molar-refractivity contribution >= 4 is 16.9 Å². The summed E-state index contributed by atoms with van der Waals surface area (Å²) in [5.41, 5.74) is 3.40. The van der Waals surface area contributed by atoms with Crippen LogP contribution in [-0.2, 0) is 22.5 Å². The van der Waals surface area contributed by atoms with Crippen molar-refractivity contribution in [2.45, 2.75) is 19.9 Å². The number of fused-ring (bicyclic) bond motifs is 1. The van der Waals surface area contributed by atoms with E-state index >= 15 is 0 Å². The second-order valence-electron chi connectivity index (χ2n) is 7.09. The summed E-state index contributed by atoms with van der Waals surface area (Å²) in [6.07, 6.45) is 2.58. The van der Waals surface area contributed by atoms with E-state index in [1.165, 1.54) is 0 Å². The van der Waals surface area contributed by atoms with Crippen LogP contribution in [0.1, 0.15) is 18.1 Å². The molecule has 2 saturated heterocycles. The monoisotopic (exact) mass is 356 g/mol. The van der Waals surface area contributed by atoms with E-state index in [9.17, 15) is 9.59 Å². The number of rotatable bonds is 4. The average Bonchev–Trinajstić information content (AvgIpc) is 2.60. The molecule has 4 rings (SSSR count). The Morgan fingerprint density at radius 2 is 2.04 bits per heavy atom. The minimum Gasteiger partial charge on any atom is -0.380 e. The number of hydrogen-bond donors (Lipinski definition) is 1. The third kappa shape index (κ3) is 3.37. The van der Waals surface area contributed by atoms with Gasteiger partial charge in [-0.15, -0.1) is 0 Å². The molecule has 0 bridgehead atoms. The molecular formula is C19H24N4O3.